The Labute approximate surface area is 99.1 Å². The smallest absolute Gasteiger partial charge is 0.0929 e. The fourth-order valence-electron chi connectivity index (χ4n) is 1.13. The van der Waals surface area contributed by atoms with Gasteiger partial charge in [-0.05, 0) is 42.8 Å². The van der Waals surface area contributed by atoms with Crippen LogP contribution < -0.4 is 5.32 Å². The van der Waals surface area contributed by atoms with E-state index in [4.69, 9.17) is 0 Å². The van der Waals surface area contributed by atoms with E-state index in [0.29, 0.717) is 6.54 Å². The van der Waals surface area contributed by atoms with E-state index in [0.717, 1.165) is 10.0 Å². The molecule has 3 nitrogen and oxygen atoms in total. The molecule has 0 saturated carbocycles. The topological polar surface area (TPSA) is 45.1 Å². The van der Waals surface area contributed by atoms with Crippen LogP contribution in [0.4, 0.5) is 0 Å². The quantitative estimate of drug-likeness (QED) is 0.888. The summed E-state index contributed by atoms with van der Waals surface area (Å²) in [5.41, 5.74) is 0.835. The molecule has 0 saturated heterocycles. The Hall–Kier alpha value is -0.450. The summed E-state index contributed by atoms with van der Waals surface area (Å²) >= 11 is 3.33. The highest BCUT2D eigenvalue weighted by atomic mass is 79.9. The molecule has 1 unspecified atom stereocenters. The molecule has 0 fully saturated rings. The largest absolute Gasteiger partial charge is 0.387 e. The SMILES string of the molecule is CC(C)(C)NCC(O)c1cncc(Br)c1. The lowest BCUT2D eigenvalue weighted by atomic mass is 10.1. The number of nitrogens with one attached hydrogen (secondary N) is 1. The van der Waals surface area contributed by atoms with Crippen LogP contribution in [0.5, 0.6) is 0 Å². The highest BCUT2D eigenvalue weighted by Gasteiger charge is 2.13. The normalized spacial score (nSPS) is 13.9. The van der Waals surface area contributed by atoms with Crippen molar-refractivity contribution < 1.29 is 5.11 Å². The van der Waals surface area contributed by atoms with Crippen LogP contribution in [0.25, 0.3) is 0 Å². The van der Waals surface area contributed by atoms with Crippen molar-refractivity contribution in [2.75, 3.05) is 6.54 Å². The van der Waals surface area contributed by atoms with Gasteiger partial charge in [-0.25, -0.2) is 0 Å². The standard InChI is InChI=1S/C11H17BrN2O/c1-11(2,3)14-7-10(15)8-4-9(12)6-13-5-8/h4-6,10,14-15H,7H2,1-3H3. The Bertz CT molecular complexity index is 323. The summed E-state index contributed by atoms with van der Waals surface area (Å²) in [6.45, 7) is 6.73. The third kappa shape index (κ3) is 4.73. The summed E-state index contributed by atoms with van der Waals surface area (Å²) in [6, 6.07) is 1.88. The summed E-state index contributed by atoms with van der Waals surface area (Å²) < 4.78 is 0.884. The van der Waals surface area contributed by atoms with Gasteiger partial charge in [0.15, 0.2) is 0 Å². The van der Waals surface area contributed by atoms with Gasteiger partial charge in [0.2, 0.25) is 0 Å². The minimum absolute atomic E-state index is 0.0143. The summed E-state index contributed by atoms with van der Waals surface area (Å²) in [7, 11) is 0. The van der Waals surface area contributed by atoms with E-state index in [1.165, 1.54) is 0 Å². The molecule has 0 aliphatic carbocycles. The van der Waals surface area contributed by atoms with Crippen molar-refractivity contribution in [3.8, 4) is 0 Å². The van der Waals surface area contributed by atoms with Crippen LogP contribution in [0.1, 0.15) is 32.4 Å². The molecule has 0 aromatic carbocycles. The lowest BCUT2D eigenvalue weighted by molar-refractivity contribution is 0.163. The van der Waals surface area contributed by atoms with Crippen molar-refractivity contribution in [3.05, 3.63) is 28.5 Å². The second-order valence-electron chi connectivity index (χ2n) is 4.58. The molecule has 0 aliphatic rings. The van der Waals surface area contributed by atoms with Crippen molar-refractivity contribution in [2.45, 2.75) is 32.4 Å². The number of aliphatic hydroxyl groups excluding tert-OH is 1. The number of aliphatic hydroxyl groups is 1. The fourth-order valence-corrected chi connectivity index (χ4v) is 1.51. The van der Waals surface area contributed by atoms with Crippen molar-refractivity contribution in [1.82, 2.24) is 10.3 Å². The number of halogens is 1. The van der Waals surface area contributed by atoms with Gasteiger partial charge in [-0.1, -0.05) is 0 Å². The maximum atomic E-state index is 9.88. The lowest BCUT2D eigenvalue weighted by Gasteiger charge is -2.22. The molecular formula is C11H17BrN2O. The molecule has 1 rings (SSSR count). The molecule has 0 radical (unpaired) electrons. The zero-order valence-corrected chi connectivity index (χ0v) is 10.9. The van der Waals surface area contributed by atoms with Crippen molar-refractivity contribution in [2.24, 2.45) is 0 Å². The Kier molecular flexibility index (Phi) is 4.25. The van der Waals surface area contributed by atoms with E-state index in [9.17, 15) is 5.11 Å². The van der Waals surface area contributed by atoms with E-state index in [1.54, 1.807) is 12.4 Å². The van der Waals surface area contributed by atoms with Crippen molar-refractivity contribution >= 4 is 15.9 Å². The molecule has 0 aliphatic heterocycles. The predicted molar refractivity (Wildman–Crippen MR) is 64.7 cm³/mol. The van der Waals surface area contributed by atoms with Gasteiger partial charge in [0.1, 0.15) is 0 Å². The molecule has 84 valence electrons. The number of rotatable bonds is 3. The zero-order valence-electron chi connectivity index (χ0n) is 9.29. The van der Waals surface area contributed by atoms with Gasteiger partial charge in [0.25, 0.3) is 0 Å². The Morgan fingerprint density at radius 3 is 2.67 bits per heavy atom. The van der Waals surface area contributed by atoms with Crippen LogP contribution in [-0.2, 0) is 0 Å². The molecule has 4 heteroatoms. The Morgan fingerprint density at radius 2 is 2.13 bits per heavy atom. The van der Waals surface area contributed by atoms with E-state index in [-0.39, 0.29) is 5.54 Å². The lowest BCUT2D eigenvalue weighted by Crippen LogP contribution is -2.38. The van der Waals surface area contributed by atoms with Gasteiger partial charge < -0.3 is 10.4 Å². The second kappa shape index (κ2) is 5.05. The molecule has 0 spiro atoms. The van der Waals surface area contributed by atoms with E-state index >= 15 is 0 Å². The Morgan fingerprint density at radius 1 is 1.47 bits per heavy atom. The average molecular weight is 273 g/mol. The maximum absolute atomic E-state index is 9.88. The first-order valence-electron chi connectivity index (χ1n) is 4.92. The molecule has 1 atom stereocenters. The van der Waals surface area contributed by atoms with Crippen LogP contribution in [0.2, 0.25) is 0 Å². The Balaban J connectivity index is 2.58. The van der Waals surface area contributed by atoms with Gasteiger partial charge in [0, 0.05) is 34.5 Å². The van der Waals surface area contributed by atoms with Crippen LogP contribution in [0.3, 0.4) is 0 Å². The summed E-state index contributed by atoms with van der Waals surface area (Å²) in [5.74, 6) is 0. The third-order valence-electron chi connectivity index (χ3n) is 1.94. The van der Waals surface area contributed by atoms with Crippen LogP contribution in [0.15, 0.2) is 22.9 Å². The fraction of sp³-hybridized carbons (Fsp3) is 0.545. The minimum atomic E-state index is -0.519. The summed E-state index contributed by atoms with van der Waals surface area (Å²) in [6.07, 6.45) is 2.86. The van der Waals surface area contributed by atoms with Crippen molar-refractivity contribution in [3.63, 3.8) is 0 Å². The second-order valence-corrected chi connectivity index (χ2v) is 5.50. The number of hydrogen-bond donors (Lipinski definition) is 2. The first kappa shape index (κ1) is 12.6. The molecule has 1 aromatic rings. The first-order valence-corrected chi connectivity index (χ1v) is 5.71. The number of hydrogen-bond acceptors (Lipinski definition) is 3. The molecule has 2 N–H and O–H groups in total. The van der Waals surface area contributed by atoms with Gasteiger partial charge in [-0.3, -0.25) is 4.98 Å². The van der Waals surface area contributed by atoms with Crippen molar-refractivity contribution in [1.29, 1.82) is 0 Å². The van der Waals surface area contributed by atoms with Gasteiger partial charge >= 0.3 is 0 Å². The average Bonchev–Trinajstić information content (AvgIpc) is 2.13. The number of nitrogens with zero attached hydrogens (tertiary/aromatic N) is 1. The van der Waals surface area contributed by atoms with Gasteiger partial charge in [0.05, 0.1) is 6.10 Å². The van der Waals surface area contributed by atoms with Gasteiger partial charge in [-0.15, -0.1) is 0 Å². The van der Waals surface area contributed by atoms with Gasteiger partial charge in [-0.2, -0.15) is 0 Å². The predicted octanol–water partition coefficient (Wildman–Crippen LogP) is 2.27. The maximum Gasteiger partial charge on any atom is 0.0929 e. The highest BCUT2D eigenvalue weighted by Crippen LogP contribution is 2.16. The number of aromatic nitrogens is 1. The molecule has 1 heterocycles. The summed E-state index contributed by atoms with van der Waals surface area (Å²) in [4.78, 5) is 4.02. The van der Waals surface area contributed by atoms with Crippen LogP contribution >= 0.6 is 15.9 Å². The van der Waals surface area contributed by atoms with Crippen LogP contribution in [-0.4, -0.2) is 22.2 Å². The molecule has 15 heavy (non-hydrogen) atoms. The van der Waals surface area contributed by atoms with Crippen LogP contribution in [0, 0.1) is 0 Å². The summed E-state index contributed by atoms with van der Waals surface area (Å²) in [5, 5.41) is 13.1. The third-order valence-corrected chi connectivity index (χ3v) is 2.37. The molecule has 0 bridgehead atoms. The minimum Gasteiger partial charge on any atom is -0.387 e. The number of β-amino-alcohol motifs (C(OH)–C–C–N with tert-alkyl or cyclic N) is 1. The zero-order chi connectivity index (χ0) is 11.5. The van der Waals surface area contributed by atoms with E-state index < -0.39 is 6.10 Å². The molecule has 0 amide bonds. The monoisotopic (exact) mass is 272 g/mol. The molecular weight excluding hydrogens is 256 g/mol. The number of pyridine rings is 1. The highest BCUT2D eigenvalue weighted by molar-refractivity contribution is 9.10. The van der Waals surface area contributed by atoms with E-state index in [1.807, 2.05) is 6.07 Å². The molecule has 1 aromatic heterocycles. The van der Waals surface area contributed by atoms with E-state index in [2.05, 4.69) is 47.0 Å². The first-order chi connectivity index (χ1) is 6.88.